The number of methoxy groups -OCH3 is 1. The summed E-state index contributed by atoms with van der Waals surface area (Å²) < 4.78 is 9.93. The predicted octanol–water partition coefficient (Wildman–Crippen LogP) is 3.64. The maximum atomic E-state index is 5.91. The van der Waals surface area contributed by atoms with E-state index >= 15 is 0 Å². The van der Waals surface area contributed by atoms with Gasteiger partial charge >= 0.3 is 0 Å². The number of pyridine rings is 2. The first kappa shape index (κ1) is 22.4. The van der Waals surface area contributed by atoms with Crippen LogP contribution in [0.2, 0.25) is 0 Å². The van der Waals surface area contributed by atoms with E-state index in [1.54, 1.807) is 19.5 Å². The van der Waals surface area contributed by atoms with Crippen molar-refractivity contribution in [3.05, 3.63) is 83.7 Å². The highest BCUT2D eigenvalue weighted by molar-refractivity contribution is 7.71. The molecule has 0 saturated carbocycles. The summed E-state index contributed by atoms with van der Waals surface area (Å²) in [6.07, 6.45) is 7.26. The zero-order valence-corrected chi connectivity index (χ0v) is 19.9. The number of benzene rings is 1. The smallest absolute Gasteiger partial charge is 0.204 e. The van der Waals surface area contributed by atoms with Gasteiger partial charge < -0.3 is 4.74 Å². The third kappa shape index (κ3) is 4.91. The fourth-order valence-electron chi connectivity index (χ4n) is 4.18. The fraction of sp³-hybridized carbons (Fsp3) is 0.280. The maximum absolute atomic E-state index is 5.91. The first-order valence-electron chi connectivity index (χ1n) is 11.3. The van der Waals surface area contributed by atoms with Crippen molar-refractivity contribution in [1.82, 2.24) is 34.1 Å². The summed E-state index contributed by atoms with van der Waals surface area (Å²) in [5.74, 6) is 1.60. The molecule has 174 valence electrons. The minimum atomic E-state index is 0.656. The molecule has 34 heavy (non-hydrogen) atoms. The van der Waals surface area contributed by atoms with Crippen molar-refractivity contribution >= 4 is 12.2 Å². The van der Waals surface area contributed by atoms with E-state index in [-0.39, 0.29) is 0 Å². The number of hydrogen-bond donors (Lipinski definition) is 0. The molecule has 1 aliphatic heterocycles. The summed E-state index contributed by atoms with van der Waals surface area (Å²) >= 11 is 5.91. The quantitative estimate of drug-likeness (QED) is 0.380. The van der Waals surface area contributed by atoms with Crippen LogP contribution in [-0.4, -0.2) is 67.4 Å². The molecule has 1 aromatic carbocycles. The summed E-state index contributed by atoms with van der Waals surface area (Å²) in [6.45, 7) is 5.55. The van der Waals surface area contributed by atoms with E-state index in [1.807, 2.05) is 58.0 Å². The van der Waals surface area contributed by atoms with Gasteiger partial charge in [0.2, 0.25) is 4.77 Å². The highest BCUT2D eigenvalue weighted by atomic mass is 32.1. The molecule has 0 aliphatic carbocycles. The minimum absolute atomic E-state index is 0.656. The molecule has 5 rings (SSSR count). The molecule has 4 aromatic rings. The van der Waals surface area contributed by atoms with Crippen LogP contribution in [0.3, 0.4) is 0 Å². The van der Waals surface area contributed by atoms with Crippen molar-refractivity contribution in [1.29, 1.82) is 0 Å². The average Bonchev–Trinajstić information content (AvgIpc) is 3.22. The van der Waals surface area contributed by atoms with Crippen LogP contribution >= 0.6 is 12.2 Å². The second-order valence-corrected chi connectivity index (χ2v) is 8.63. The third-order valence-corrected chi connectivity index (χ3v) is 6.46. The first-order chi connectivity index (χ1) is 16.7. The number of ether oxygens (including phenoxy) is 1. The summed E-state index contributed by atoms with van der Waals surface area (Å²) in [7, 11) is 1.66. The van der Waals surface area contributed by atoms with Crippen molar-refractivity contribution in [2.45, 2.75) is 13.2 Å². The molecule has 8 nitrogen and oxygen atoms in total. The Balaban J connectivity index is 1.36. The number of piperazine rings is 1. The molecule has 1 aliphatic rings. The molecule has 0 atom stereocenters. The molecule has 0 N–H and O–H groups in total. The molecule has 1 saturated heterocycles. The second kappa shape index (κ2) is 10.3. The van der Waals surface area contributed by atoms with E-state index in [0.29, 0.717) is 11.4 Å². The van der Waals surface area contributed by atoms with Gasteiger partial charge in [-0.3, -0.25) is 24.3 Å². The Morgan fingerprint density at radius 3 is 2.09 bits per heavy atom. The average molecular weight is 474 g/mol. The van der Waals surface area contributed by atoms with Crippen LogP contribution in [0, 0.1) is 4.77 Å². The van der Waals surface area contributed by atoms with E-state index in [0.717, 1.165) is 55.5 Å². The topological polar surface area (TPSA) is 64.2 Å². The van der Waals surface area contributed by atoms with Crippen LogP contribution < -0.4 is 4.74 Å². The lowest BCUT2D eigenvalue weighted by Gasteiger charge is -2.34. The minimum Gasteiger partial charge on any atom is -0.497 e. The normalized spacial score (nSPS) is 14.9. The molecule has 0 radical (unpaired) electrons. The molecule has 3 aromatic heterocycles. The van der Waals surface area contributed by atoms with Gasteiger partial charge in [-0.1, -0.05) is 0 Å². The van der Waals surface area contributed by atoms with E-state index < -0.39 is 0 Å². The molecule has 4 heterocycles. The maximum Gasteiger partial charge on any atom is 0.204 e. The van der Waals surface area contributed by atoms with Crippen molar-refractivity contribution in [3.8, 4) is 22.8 Å². The summed E-state index contributed by atoms with van der Waals surface area (Å²) in [5.41, 5.74) is 3.22. The largest absolute Gasteiger partial charge is 0.497 e. The van der Waals surface area contributed by atoms with Gasteiger partial charge in [-0.15, -0.1) is 5.10 Å². The van der Waals surface area contributed by atoms with Gasteiger partial charge in [0.1, 0.15) is 5.75 Å². The molecule has 0 bridgehead atoms. The number of aromatic nitrogens is 5. The standard InChI is InChI=1S/C25H27N7OS/c1-33-23-4-2-22(3-5-23)32-24(21-8-12-27-13-9-21)28-31(25(32)34)19-30-16-14-29(15-17-30)18-20-6-10-26-11-7-20/h2-13H,14-19H2,1H3. The van der Waals surface area contributed by atoms with Crippen molar-refractivity contribution < 1.29 is 4.74 Å². The van der Waals surface area contributed by atoms with Crippen molar-refractivity contribution in [2.75, 3.05) is 33.3 Å². The number of nitrogens with zero attached hydrogens (tertiary/aromatic N) is 7. The lowest BCUT2D eigenvalue weighted by Crippen LogP contribution is -2.46. The van der Waals surface area contributed by atoms with E-state index in [2.05, 4.69) is 31.9 Å². The van der Waals surface area contributed by atoms with Crippen LogP contribution in [-0.2, 0) is 13.2 Å². The van der Waals surface area contributed by atoms with Gasteiger partial charge in [-0.25, -0.2) is 4.68 Å². The highest BCUT2D eigenvalue weighted by Crippen LogP contribution is 2.24. The number of hydrogen-bond acceptors (Lipinski definition) is 7. The van der Waals surface area contributed by atoms with E-state index in [9.17, 15) is 0 Å². The Hall–Kier alpha value is -3.40. The zero-order valence-electron chi connectivity index (χ0n) is 19.1. The molecule has 0 unspecified atom stereocenters. The highest BCUT2D eigenvalue weighted by Gasteiger charge is 2.20. The van der Waals surface area contributed by atoms with Crippen LogP contribution in [0.5, 0.6) is 5.75 Å². The van der Waals surface area contributed by atoms with Gasteiger partial charge in [0.25, 0.3) is 0 Å². The van der Waals surface area contributed by atoms with Gasteiger partial charge in [0, 0.05) is 63.1 Å². The predicted molar refractivity (Wildman–Crippen MR) is 133 cm³/mol. The fourth-order valence-corrected chi connectivity index (χ4v) is 4.47. The van der Waals surface area contributed by atoms with Crippen LogP contribution in [0.15, 0.2) is 73.3 Å². The lowest BCUT2D eigenvalue weighted by molar-refractivity contribution is 0.0981. The monoisotopic (exact) mass is 473 g/mol. The van der Waals surface area contributed by atoms with E-state index in [4.69, 9.17) is 22.1 Å². The zero-order chi connectivity index (χ0) is 23.3. The molecular weight excluding hydrogens is 446 g/mol. The summed E-state index contributed by atoms with van der Waals surface area (Å²) in [4.78, 5) is 13.1. The van der Waals surface area contributed by atoms with Gasteiger partial charge in [0.05, 0.1) is 19.5 Å². The SMILES string of the molecule is COc1ccc(-n2c(-c3ccncc3)nn(CN3CCN(Cc4ccncc4)CC3)c2=S)cc1. The van der Waals surface area contributed by atoms with Crippen molar-refractivity contribution in [2.24, 2.45) is 0 Å². The summed E-state index contributed by atoms with van der Waals surface area (Å²) in [5, 5.41) is 4.93. The van der Waals surface area contributed by atoms with Gasteiger partial charge in [-0.2, -0.15) is 0 Å². The first-order valence-corrected chi connectivity index (χ1v) is 11.7. The van der Waals surface area contributed by atoms with Gasteiger partial charge in [-0.05, 0) is 66.3 Å². The molecular formula is C25H27N7OS. The van der Waals surface area contributed by atoms with E-state index in [1.165, 1.54) is 5.56 Å². The molecule has 9 heteroatoms. The van der Waals surface area contributed by atoms with Crippen LogP contribution in [0.1, 0.15) is 5.56 Å². The Labute approximate surface area is 204 Å². The summed E-state index contributed by atoms with van der Waals surface area (Å²) in [6, 6.07) is 16.0. The number of rotatable bonds is 7. The Morgan fingerprint density at radius 1 is 0.824 bits per heavy atom. The van der Waals surface area contributed by atoms with Crippen molar-refractivity contribution in [3.63, 3.8) is 0 Å². The Kier molecular flexibility index (Phi) is 6.75. The third-order valence-electron chi connectivity index (χ3n) is 6.06. The van der Waals surface area contributed by atoms with Crippen LogP contribution in [0.4, 0.5) is 0 Å². The van der Waals surface area contributed by atoms with Gasteiger partial charge in [0.15, 0.2) is 5.82 Å². The van der Waals surface area contributed by atoms with Crippen LogP contribution in [0.25, 0.3) is 17.1 Å². The molecule has 0 spiro atoms. The molecule has 1 fully saturated rings. The molecule has 0 amide bonds. The lowest BCUT2D eigenvalue weighted by atomic mass is 10.2. The second-order valence-electron chi connectivity index (χ2n) is 8.27. The Bertz CT molecular complexity index is 1260. The Morgan fingerprint density at radius 2 is 1.44 bits per heavy atom.